The number of carboxylic acid groups (broad SMARTS) is 1. The standard InChI is InChI=1S/C12H13N3O2S/c1-7-6-14-11(18-7)8(2)15-9-4-3-5-13-10(9)12(16)17/h3-6,8,15H,1-2H3,(H,16,17). The minimum atomic E-state index is -1.04. The first-order valence-electron chi connectivity index (χ1n) is 5.45. The normalized spacial score (nSPS) is 12.1. The first-order chi connectivity index (χ1) is 8.58. The fraction of sp³-hybridized carbons (Fsp3) is 0.250. The molecule has 2 aromatic heterocycles. The number of rotatable bonds is 4. The fourth-order valence-corrected chi connectivity index (χ4v) is 2.34. The van der Waals surface area contributed by atoms with Crippen molar-refractivity contribution in [2.75, 3.05) is 5.32 Å². The van der Waals surface area contributed by atoms with Crippen molar-refractivity contribution in [1.29, 1.82) is 0 Å². The predicted octanol–water partition coefficient (Wildman–Crippen LogP) is 2.72. The Kier molecular flexibility index (Phi) is 3.57. The SMILES string of the molecule is Cc1cnc(C(C)Nc2cccnc2C(=O)O)s1. The second-order valence-corrected chi connectivity index (χ2v) is 5.15. The summed E-state index contributed by atoms with van der Waals surface area (Å²) in [5.41, 5.74) is 0.531. The third-order valence-electron chi connectivity index (χ3n) is 2.39. The fourth-order valence-electron chi connectivity index (χ4n) is 1.56. The van der Waals surface area contributed by atoms with Crippen LogP contribution in [0.15, 0.2) is 24.5 Å². The van der Waals surface area contributed by atoms with Gasteiger partial charge in [0.05, 0.1) is 11.7 Å². The maximum Gasteiger partial charge on any atom is 0.356 e. The summed E-state index contributed by atoms with van der Waals surface area (Å²) in [5, 5.41) is 13.1. The number of thiazole rings is 1. The number of aryl methyl sites for hydroxylation is 1. The van der Waals surface area contributed by atoms with Gasteiger partial charge in [-0.25, -0.2) is 14.8 Å². The molecule has 0 bridgehead atoms. The Morgan fingerprint density at radius 2 is 2.28 bits per heavy atom. The summed E-state index contributed by atoms with van der Waals surface area (Å²) in [6.07, 6.45) is 3.27. The predicted molar refractivity (Wildman–Crippen MR) is 70.1 cm³/mol. The van der Waals surface area contributed by atoms with Crippen LogP contribution in [0.25, 0.3) is 0 Å². The number of aromatic nitrogens is 2. The molecule has 6 heteroatoms. The number of hydrogen-bond donors (Lipinski definition) is 2. The third kappa shape index (κ3) is 2.65. The molecule has 0 aromatic carbocycles. The average molecular weight is 263 g/mol. The average Bonchev–Trinajstić information content (AvgIpc) is 2.76. The molecule has 2 rings (SSSR count). The Bertz CT molecular complexity index is 568. The number of carboxylic acids is 1. The lowest BCUT2D eigenvalue weighted by molar-refractivity contribution is 0.0691. The molecule has 2 N–H and O–H groups in total. The van der Waals surface area contributed by atoms with Gasteiger partial charge in [0, 0.05) is 17.3 Å². The minimum Gasteiger partial charge on any atom is -0.476 e. The van der Waals surface area contributed by atoms with E-state index in [1.165, 1.54) is 6.20 Å². The van der Waals surface area contributed by atoms with Gasteiger partial charge in [-0.1, -0.05) is 0 Å². The summed E-state index contributed by atoms with van der Waals surface area (Å²) in [4.78, 5) is 20.3. The summed E-state index contributed by atoms with van der Waals surface area (Å²) in [7, 11) is 0. The molecule has 5 nitrogen and oxygen atoms in total. The maximum atomic E-state index is 11.0. The van der Waals surface area contributed by atoms with Gasteiger partial charge in [0.1, 0.15) is 5.01 Å². The Labute approximate surface area is 109 Å². The van der Waals surface area contributed by atoms with Crippen molar-refractivity contribution in [3.8, 4) is 0 Å². The van der Waals surface area contributed by atoms with E-state index in [4.69, 9.17) is 5.11 Å². The summed E-state index contributed by atoms with van der Waals surface area (Å²) in [5.74, 6) is -1.04. The van der Waals surface area contributed by atoms with Gasteiger partial charge in [-0.2, -0.15) is 0 Å². The van der Waals surface area contributed by atoms with Gasteiger partial charge in [0.25, 0.3) is 0 Å². The van der Waals surface area contributed by atoms with Gasteiger partial charge >= 0.3 is 5.97 Å². The molecule has 0 saturated heterocycles. The smallest absolute Gasteiger partial charge is 0.356 e. The molecule has 0 aliphatic rings. The molecule has 0 aliphatic heterocycles. The molecule has 0 saturated carbocycles. The molecule has 1 atom stereocenters. The maximum absolute atomic E-state index is 11.0. The van der Waals surface area contributed by atoms with Crippen LogP contribution in [0.4, 0.5) is 5.69 Å². The number of pyridine rings is 1. The molecule has 0 radical (unpaired) electrons. The van der Waals surface area contributed by atoms with Crippen LogP contribution in [0.1, 0.15) is 33.3 Å². The minimum absolute atomic E-state index is 0.0256. The van der Waals surface area contributed by atoms with Crippen molar-refractivity contribution in [2.24, 2.45) is 0 Å². The summed E-state index contributed by atoms with van der Waals surface area (Å²) >= 11 is 1.59. The lowest BCUT2D eigenvalue weighted by Crippen LogP contribution is -2.11. The second-order valence-electron chi connectivity index (χ2n) is 3.88. The topological polar surface area (TPSA) is 75.1 Å². The van der Waals surface area contributed by atoms with E-state index < -0.39 is 5.97 Å². The van der Waals surface area contributed by atoms with Crippen molar-refractivity contribution in [1.82, 2.24) is 9.97 Å². The molecule has 2 heterocycles. The highest BCUT2D eigenvalue weighted by molar-refractivity contribution is 7.11. The van der Waals surface area contributed by atoms with Gasteiger partial charge in [-0.15, -0.1) is 11.3 Å². The van der Waals surface area contributed by atoms with E-state index in [1.54, 1.807) is 29.7 Å². The number of hydrogen-bond acceptors (Lipinski definition) is 5. The van der Waals surface area contributed by atoms with Gasteiger partial charge in [0.2, 0.25) is 0 Å². The van der Waals surface area contributed by atoms with E-state index in [0.29, 0.717) is 5.69 Å². The van der Waals surface area contributed by atoms with Crippen LogP contribution in [-0.2, 0) is 0 Å². The highest BCUT2D eigenvalue weighted by atomic mass is 32.1. The Balaban J connectivity index is 2.21. The molecule has 0 aliphatic carbocycles. The molecule has 0 amide bonds. The zero-order chi connectivity index (χ0) is 13.1. The highest BCUT2D eigenvalue weighted by Gasteiger charge is 2.15. The molecule has 0 fully saturated rings. The van der Waals surface area contributed by atoms with Crippen LogP contribution in [0.2, 0.25) is 0 Å². The van der Waals surface area contributed by atoms with Crippen LogP contribution < -0.4 is 5.32 Å². The number of nitrogens with one attached hydrogen (secondary N) is 1. The quantitative estimate of drug-likeness (QED) is 0.887. The number of anilines is 1. The first kappa shape index (κ1) is 12.5. The zero-order valence-corrected chi connectivity index (χ0v) is 10.9. The van der Waals surface area contributed by atoms with Crippen molar-refractivity contribution in [2.45, 2.75) is 19.9 Å². The van der Waals surface area contributed by atoms with E-state index in [2.05, 4.69) is 15.3 Å². The van der Waals surface area contributed by atoms with Crippen molar-refractivity contribution >= 4 is 23.0 Å². The molecule has 0 spiro atoms. The highest BCUT2D eigenvalue weighted by Crippen LogP contribution is 2.24. The van der Waals surface area contributed by atoms with E-state index >= 15 is 0 Å². The lowest BCUT2D eigenvalue weighted by atomic mass is 10.2. The number of nitrogens with zero attached hydrogens (tertiary/aromatic N) is 2. The number of aromatic carboxylic acids is 1. The van der Waals surface area contributed by atoms with E-state index in [9.17, 15) is 4.79 Å². The summed E-state index contributed by atoms with van der Waals surface area (Å²) in [6.45, 7) is 3.93. The van der Waals surface area contributed by atoms with E-state index in [0.717, 1.165) is 9.88 Å². The van der Waals surface area contributed by atoms with Crippen LogP contribution in [0, 0.1) is 6.92 Å². The van der Waals surface area contributed by atoms with Crippen molar-refractivity contribution in [3.05, 3.63) is 40.1 Å². The lowest BCUT2D eigenvalue weighted by Gasteiger charge is -2.13. The van der Waals surface area contributed by atoms with Gasteiger partial charge < -0.3 is 10.4 Å². The largest absolute Gasteiger partial charge is 0.476 e. The zero-order valence-electron chi connectivity index (χ0n) is 10.0. The number of carbonyl (C=O) groups is 1. The summed E-state index contributed by atoms with van der Waals surface area (Å²) < 4.78 is 0. The van der Waals surface area contributed by atoms with Crippen molar-refractivity contribution in [3.63, 3.8) is 0 Å². The molecule has 18 heavy (non-hydrogen) atoms. The Hall–Kier alpha value is -1.95. The van der Waals surface area contributed by atoms with Gasteiger partial charge in [-0.05, 0) is 26.0 Å². The summed E-state index contributed by atoms with van der Waals surface area (Å²) in [6, 6.07) is 3.35. The van der Waals surface area contributed by atoms with Gasteiger partial charge in [0.15, 0.2) is 5.69 Å². The first-order valence-corrected chi connectivity index (χ1v) is 6.26. The molecule has 1 unspecified atom stereocenters. The monoisotopic (exact) mass is 263 g/mol. The molecule has 94 valence electrons. The van der Waals surface area contributed by atoms with E-state index in [1.807, 2.05) is 13.8 Å². The van der Waals surface area contributed by atoms with Crippen LogP contribution in [-0.4, -0.2) is 21.0 Å². The molecular weight excluding hydrogens is 250 g/mol. The van der Waals surface area contributed by atoms with Crippen LogP contribution in [0.3, 0.4) is 0 Å². The molecular formula is C12H13N3O2S. The van der Waals surface area contributed by atoms with E-state index in [-0.39, 0.29) is 11.7 Å². The van der Waals surface area contributed by atoms with Gasteiger partial charge in [-0.3, -0.25) is 0 Å². The van der Waals surface area contributed by atoms with Crippen LogP contribution >= 0.6 is 11.3 Å². The second kappa shape index (κ2) is 5.14. The third-order valence-corrected chi connectivity index (χ3v) is 3.49. The van der Waals surface area contributed by atoms with Crippen LogP contribution in [0.5, 0.6) is 0 Å². The van der Waals surface area contributed by atoms with Crippen molar-refractivity contribution < 1.29 is 9.90 Å². The molecule has 2 aromatic rings. The Morgan fingerprint density at radius 1 is 1.50 bits per heavy atom. The Morgan fingerprint density at radius 3 is 2.89 bits per heavy atom.